The number of pyridine rings is 1. The molecule has 0 saturated carbocycles. The minimum absolute atomic E-state index is 0.0556. The van der Waals surface area contributed by atoms with Gasteiger partial charge in [0.25, 0.3) is 0 Å². The SMILES string of the molecule is COc1ccc(CCN(C)CCCCNC(=O)C/C=C/c2ccc(-c3cccnc3)cc2)cc1OC. The van der Waals surface area contributed by atoms with Crippen LogP contribution in [0.5, 0.6) is 11.5 Å². The molecule has 0 saturated heterocycles. The average molecular weight is 488 g/mol. The number of amides is 1. The molecular formula is C30H37N3O3. The Morgan fingerprint density at radius 2 is 1.78 bits per heavy atom. The molecule has 190 valence electrons. The van der Waals surface area contributed by atoms with Gasteiger partial charge in [0.05, 0.1) is 14.2 Å². The highest BCUT2D eigenvalue weighted by Crippen LogP contribution is 2.27. The lowest BCUT2D eigenvalue weighted by Crippen LogP contribution is -2.26. The molecule has 1 heterocycles. The average Bonchev–Trinajstić information content (AvgIpc) is 2.92. The van der Waals surface area contributed by atoms with Gasteiger partial charge in [-0.3, -0.25) is 9.78 Å². The van der Waals surface area contributed by atoms with E-state index in [1.807, 2.05) is 42.6 Å². The summed E-state index contributed by atoms with van der Waals surface area (Å²) in [5.74, 6) is 1.57. The van der Waals surface area contributed by atoms with Gasteiger partial charge in [-0.1, -0.05) is 48.6 Å². The van der Waals surface area contributed by atoms with Crippen molar-refractivity contribution in [1.82, 2.24) is 15.2 Å². The Balaban J connectivity index is 1.27. The van der Waals surface area contributed by atoms with Crippen LogP contribution in [-0.4, -0.2) is 56.7 Å². The van der Waals surface area contributed by atoms with Gasteiger partial charge in [0, 0.05) is 31.9 Å². The van der Waals surface area contributed by atoms with E-state index in [1.165, 1.54) is 5.56 Å². The number of aromatic nitrogens is 1. The van der Waals surface area contributed by atoms with E-state index in [2.05, 4.69) is 52.6 Å². The molecule has 1 N–H and O–H groups in total. The fraction of sp³-hybridized carbons (Fsp3) is 0.333. The van der Waals surface area contributed by atoms with Gasteiger partial charge in [0.1, 0.15) is 0 Å². The zero-order chi connectivity index (χ0) is 25.6. The van der Waals surface area contributed by atoms with E-state index in [9.17, 15) is 4.79 Å². The molecule has 1 amide bonds. The Kier molecular flexibility index (Phi) is 11.0. The van der Waals surface area contributed by atoms with Gasteiger partial charge in [-0.15, -0.1) is 0 Å². The number of nitrogens with one attached hydrogen (secondary N) is 1. The maximum atomic E-state index is 12.1. The van der Waals surface area contributed by atoms with Crippen LogP contribution in [0.1, 0.15) is 30.4 Å². The fourth-order valence-electron chi connectivity index (χ4n) is 3.90. The summed E-state index contributed by atoms with van der Waals surface area (Å²) in [5, 5.41) is 3.01. The third-order valence-corrected chi connectivity index (χ3v) is 6.04. The molecule has 0 atom stereocenters. The van der Waals surface area contributed by atoms with Crippen LogP contribution in [0.4, 0.5) is 0 Å². The molecule has 6 nitrogen and oxygen atoms in total. The molecule has 1 aromatic heterocycles. The Morgan fingerprint density at radius 3 is 2.50 bits per heavy atom. The van der Waals surface area contributed by atoms with E-state index >= 15 is 0 Å². The highest BCUT2D eigenvalue weighted by molar-refractivity contribution is 5.78. The van der Waals surface area contributed by atoms with Crippen molar-refractivity contribution in [2.75, 3.05) is 40.9 Å². The van der Waals surface area contributed by atoms with Gasteiger partial charge in [-0.05, 0) is 73.3 Å². The first-order chi connectivity index (χ1) is 17.6. The fourth-order valence-corrected chi connectivity index (χ4v) is 3.90. The standard InChI is InChI=1S/C30H37N3O3/c1-33(21-17-25-13-16-28(35-2)29(22-25)36-3)20-5-4-19-32-30(34)10-6-8-24-11-14-26(15-12-24)27-9-7-18-31-23-27/h6-9,11-16,18,22-23H,4-5,10,17,19-21H2,1-3H3,(H,32,34)/b8-6+. The van der Waals surface area contributed by atoms with Crippen LogP contribution < -0.4 is 14.8 Å². The number of benzene rings is 2. The van der Waals surface area contributed by atoms with Crippen molar-refractivity contribution in [3.8, 4) is 22.6 Å². The smallest absolute Gasteiger partial charge is 0.223 e. The van der Waals surface area contributed by atoms with Crippen LogP contribution in [0, 0.1) is 0 Å². The maximum Gasteiger partial charge on any atom is 0.223 e. The first-order valence-electron chi connectivity index (χ1n) is 12.4. The molecule has 0 fully saturated rings. The zero-order valence-corrected chi connectivity index (χ0v) is 21.6. The predicted octanol–water partition coefficient (Wildman–Crippen LogP) is 5.24. The topological polar surface area (TPSA) is 63.7 Å². The van der Waals surface area contributed by atoms with Crippen molar-refractivity contribution >= 4 is 12.0 Å². The molecule has 2 aromatic carbocycles. The number of hydrogen-bond acceptors (Lipinski definition) is 5. The number of ether oxygens (including phenoxy) is 2. The molecule has 0 bridgehead atoms. The first kappa shape index (κ1) is 27.0. The van der Waals surface area contributed by atoms with Gasteiger partial charge in [-0.25, -0.2) is 0 Å². The Hall–Kier alpha value is -3.64. The van der Waals surface area contributed by atoms with Gasteiger partial charge >= 0.3 is 0 Å². The van der Waals surface area contributed by atoms with Crippen molar-refractivity contribution in [3.05, 3.63) is 84.2 Å². The maximum absolute atomic E-state index is 12.1. The number of carbonyl (C=O) groups is 1. The van der Waals surface area contributed by atoms with Gasteiger partial charge < -0.3 is 19.7 Å². The molecule has 36 heavy (non-hydrogen) atoms. The molecule has 0 unspecified atom stereocenters. The summed E-state index contributed by atoms with van der Waals surface area (Å²) in [5.41, 5.74) is 4.52. The van der Waals surface area contributed by atoms with Gasteiger partial charge in [0.15, 0.2) is 11.5 Å². The Morgan fingerprint density at radius 1 is 0.972 bits per heavy atom. The van der Waals surface area contributed by atoms with Crippen molar-refractivity contribution in [2.45, 2.75) is 25.7 Å². The van der Waals surface area contributed by atoms with Gasteiger partial charge in [0.2, 0.25) is 5.91 Å². The molecule has 0 aliphatic heterocycles. The second-order valence-electron chi connectivity index (χ2n) is 8.77. The van der Waals surface area contributed by atoms with Crippen LogP contribution in [0.2, 0.25) is 0 Å². The van der Waals surface area contributed by atoms with Crippen molar-refractivity contribution in [2.24, 2.45) is 0 Å². The zero-order valence-electron chi connectivity index (χ0n) is 21.6. The summed E-state index contributed by atoms with van der Waals surface area (Å²) in [4.78, 5) is 18.6. The molecule has 0 radical (unpaired) electrons. The molecular weight excluding hydrogens is 450 g/mol. The summed E-state index contributed by atoms with van der Waals surface area (Å²) in [7, 11) is 5.44. The van der Waals surface area contributed by atoms with Crippen LogP contribution in [0.25, 0.3) is 17.2 Å². The number of rotatable bonds is 14. The molecule has 3 aromatic rings. The molecule has 0 aliphatic carbocycles. The number of unbranched alkanes of at least 4 members (excludes halogenated alkanes) is 1. The monoisotopic (exact) mass is 487 g/mol. The Labute approximate surface area is 215 Å². The van der Waals surface area contributed by atoms with E-state index in [1.54, 1.807) is 20.4 Å². The molecule has 3 rings (SSSR count). The number of carbonyl (C=O) groups excluding carboxylic acids is 1. The summed E-state index contributed by atoms with van der Waals surface area (Å²) in [6, 6.07) is 18.3. The van der Waals surface area contributed by atoms with Gasteiger partial charge in [-0.2, -0.15) is 0 Å². The van der Waals surface area contributed by atoms with E-state index < -0.39 is 0 Å². The number of nitrogens with zero attached hydrogens (tertiary/aromatic N) is 2. The van der Waals surface area contributed by atoms with Crippen molar-refractivity contribution in [1.29, 1.82) is 0 Å². The second-order valence-corrected chi connectivity index (χ2v) is 8.77. The number of hydrogen-bond donors (Lipinski definition) is 1. The second kappa shape index (κ2) is 14.7. The summed E-state index contributed by atoms with van der Waals surface area (Å²) < 4.78 is 10.7. The quantitative estimate of drug-likeness (QED) is 0.315. The lowest BCUT2D eigenvalue weighted by Gasteiger charge is -2.17. The van der Waals surface area contributed by atoms with Crippen LogP contribution in [-0.2, 0) is 11.2 Å². The highest BCUT2D eigenvalue weighted by Gasteiger charge is 2.06. The summed E-state index contributed by atoms with van der Waals surface area (Å²) >= 11 is 0. The first-order valence-corrected chi connectivity index (χ1v) is 12.4. The Bertz CT molecular complexity index is 1100. The number of methoxy groups -OCH3 is 2. The minimum Gasteiger partial charge on any atom is -0.493 e. The van der Waals surface area contributed by atoms with E-state index in [-0.39, 0.29) is 5.91 Å². The third kappa shape index (κ3) is 8.86. The molecule has 0 aliphatic rings. The molecule has 6 heteroatoms. The third-order valence-electron chi connectivity index (χ3n) is 6.04. The summed E-state index contributed by atoms with van der Waals surface area (Å²) in [6.45, 7) is 2.67. The minimum atomic E-state index is 0.0556. The van der Waals surface area contributed by atoms with E-state index in [4.69, 9.17) is 9.47 Å². The van der Waals surface area contributed by atoms with Crippen LogP contribution in [0.15, 0.2) is 73.1 Å². The highest BCUT2D eigenvalue weighted by atomic mass is 16.5. The lowest BCUT2D eigenvalue weighted by molar-refractivity contribution is -0.120. The summed E-state index contributed by atoms with van der Waals surface area (Å²) in [6.07, 6.45) is 10.9. The van der Waals surface area contributed by atoms with Crippen molar-refractivity contribution < 1.29 is 14.3 Å². The predicted molar refractivity (Wildman–Crippen MR) is 146 cm³/mol. The normalized spacial score (nSPS) is 11.1. The van der Waals surface area contributed by atoms with Crippen LogP contribution >= 0.6 is 0 Å². The van der Waals surface area contributed by atoms with Crippen LogP contribution in [0.3, 0.4) is 0 Å². The largest absolute Gasteiger partial charge is 0.493 e. The number of likely N-dealkylation sites (N-methyl/N-ethyl adjacent to an activating group) is 1. The van der Waals surface area contributed by atoms with Crippen molar-refractivity contribution in [3.63, 3.8) is 0 Å². The lowest BCUT2D eigenvalue weighted by atomic mass is 10.1. The van der Waals surface area contributed by atoms with E-state index in [0.29, 0.717) is 13.0 Å². The van der Waals surface area contributed by atoms with E-state index in [0.717, 1.165) is 60.5 Å². The molecule has 0 spiro atoms.